The van der Waals surface area contributed by atoms with Gasteiger partial charge in [-0.3, -0.25) is 4.79 Å². The summed E-state index contributed by atoms with van der Waals surface area (Å²) in [5.41, 5.74) is -0.524. The van der Waals surface area contributed by atoms with E-state index in [2.05, 4.69) is 0 Å². The van der Waals surface area contributed by atoms with Crippen molar-refractivity contribution in [2.45, 2.75) is 12.5 Å². The van der Waals surface area contributed by atoms with Crippen molar-refractivity contribution in [1.82, 2.24) is 4.90 Å². The summed E-state index contributed by atoms with van der Waals surface area (Å²) >= 11 is 11.9. The van der Waals surface area contributed by atoms with Crippen LogP contribution >= 0.6 is 23.2 Å². The number of hydrogen-bond donors (Lipinski definition) is 2. The standard InChI is InChI=1S/C18H16Cl2N2O4/c1-18(11-2-5-13(24)6-3-11)16(25)22(17(26)21(18)8-9-23)12-4-7-14(19)15(20)10-12/h2-7,10,23-24H,8-9H2,1H3. The number of β-amino-alcohol motifs (C(OH)–C–C–N with tert-alkyl or cyclic N) is 1. The van der Waals surface area contributed by atoms with Gasteiger partial charge in [-0.15, -0.1) is 0 Å². The lowest BCUT2D eigenvalue weighted by molar-refractivity contribution is -0.124. The van der Waals surface area contributed by atoms with Crippen molar-refractivity contribution in [2.24, 2.45) is 0 Å². The number of urea groups is 1. The fraction of sp³-hybridized carbons (Fsp3) is 0.222. The van der Waals surface area contributed by atoms with Crippen LogP contribution in [0.4, 0.5) is 10.5 Å². The van der Waals surface area contributed by atoms with Crippen LogP contribution in [0, 0.1) is 0 Å². The highest BCUT2D eigenvalue weighted by atomic mass is 35.5. The number of aliphatic hydroxyl groups excluding tert-OH is 1. The molecule has 136 valence electrons. The SMILES string of the molecule is CC1(c2ccc(O)cc2)C(=O)N(c2ccc(Cl)c(Cl)c2)C(=O)N1CCO. The fourth-order valence-electron chi connectivity index (χ4n) is 3.07. The lowest BCUT2D eigenvalue weighted by atomic mass is 9.90. The molecule has 1 atom stereocenters. The highest BCUT2D eigenvalue weighted by Crippen LogP contribution is 2.40. The number of phenolic OH excluding ortho intramolecular Hbond substituents is 1. The Kier molecular flexibility index (Phi) is 4.84. The van der Waals surface area contributed by atoms with Gasteiger partial charge in [-0.2, -0.15) is 0 Å². The van der Waals surface area contributed by atoms with Crippen molar-refractivity contribution in [1.29, 1.82) is 0 Å². The molecule has 3 rings (SSSR count). The number of carbonyl (C=O) groups excluding carboxylic acids is 2. The van der Waals surface area contributed by atoms with Gasteiger partial charge in [0.1, 0.15) is 11.3 Å². The second-order valence-corrected chi connectivity index (χ2v) is 6.83. The number of anilines is 1. The highest BCUT2D eigenvalue weighted by Gasteiger charge is 2.55. The normalized spacial score (nSPS) is 20.2. The third-order valence-electron chi connectivity index (χ3n) is 4.50. The molecule has 0 spiro atoms. The molecule has 0 aromatic heterocycles. The maximum atomic E-state index is 13.2. The summed E-state index contributed by atoms with van der Waals surface area (Å²) in [6, 6.07) is 9.94. The van der Waals surface area contributed by atoms with Crippen LogP contribution in [0.15, 0.2) is 42.5 Å². The van der Waals surface area contributed by atoms with Gasteiger partial charge >= 0.3 is 6.03 Å². The largest absolute Gasteiger partial charge is 0.508 e. The summed E-state index contributed by atoms with van der Waals surface area (Å²) in [6.07, 6.45) is 0. The van der Waals surface area contributed by atoms with Crippen LogP contribution in [0.1, 0.15) is 12.5 Å². The minimum atomic E-state index is -1.33. The Morgan fingerprint density at radius 1 is 1.04 bits per heavy atom. The van der Waals surface area contributed by atoms with Crippen LogP contribution in [0.2, 0.25) is 10.0 Å². The number of aliphatic hydroxyl groups is 1. The zero-order valence-corrected chi connectivity index (χ0v) is 15.3. The predicted octanol–water partition coefficient (Wildman–Crippen LogP) is 3.38. The molecule has 1 aliphatic rings. The van der Waals surface area contributed by atoms with Crippen molar-refractivity contribution in [3.63, 3.8) is 0 Å². The van der Waals surface area contributed by atoms with Gasteiger partial charge < -0.3 is 15.1 Å². The number of halogens is 2. The summed E-state index contributed by atoms with van der Waals surface area (Å²) < 4.78 is 0. The van der Waals surface area contributed by atoms with Crippen LogP contribution < -0.4 is 4.90 Å². The Hall–Kier alpha value is -2.28. The molecule has 1 saturated heterocycles. The van der Waals surface area contributed by atoms with Gasteiger partial charge in [0, 0.05) is 6.54 Å². The minimum Gasteiger partial charge on any atom is -0.508 e. The Morgan fingerprint density at radius 2 is 1.69 bits per heavy atom. The molecular formula is C18H16Cl2N2O4. The number of amides is 3. The first-order valence-electron chi connectivity index (χ1n) is 7.82. The first-order valence-corrected chi connectivity index (χ1v) is 8.58. The molecule has 2 aromatic rings. The molecule has 1 unspecified atom stereocenters. The second-order valence-electron chi connectivity index (χ2n) is 6.02. The van der Waals surface area contributed by atoms with Gasteiger partial charge in [0.25, 0.3) is 5.91 Å². The number of aromatic hydroxyl groups is 1. The van der Waals surface area contributed by atoms with E-state index in [9.17, 15) is 19.8 Å². The highest BCUT2D eigenvalue weighted by molar-refractivity contribution is 6.42. The third-order valence-corrected chi connectivity index (χ3v) is 5.23. The van der Waals surface area contributed by atoms with Gasteiger partial charge in [0.15, 0.2) is 0 Å². The fourth-order valence-corrected chi connectivity index (χ4v) is 3.36. The van der Waals surface area contributed by atoms with Gasteiger partial charge in [0.2, 0.25) is 0 Å². The van der Waals surface area contributed by atoms with E-state index >= 15 is 0 Å². The van der Waals surface area contributed by atoms with Gasteiger partial charge in [-0.25, -0.2) is 9.69 Å². The van der Waals surface area contributed by atoms with Gasteiger partial charge in [0.05, 0.1) is 22.3 Å². The molecule has 1 fully saturated rings. The van der Waals surface area contributed by atoms with E-state index < -0.39 is 17.5 Å². The molecule has 2 aromatic carbocycles. The second kappa shape index (κ2) is 6.79. The van der Waals surface area contributed by atoms with E-state index in [-0.39, 0.29) is 23.9 Å². The zero-order chi connectivity index (χ0) is 19.1. The average molecular weight is 395 g/mol. The minimum absolute atomic E-state index is 0.0280. The molecule has 1 aliphatic heterocycles. The number of hydrogen-bond acceptors (Lipinski definition) is 4. The Balaban J connectivity index is 2.12. The van der Waals surface area contributed by atoms with Crippen molar-refractivity contribution in [2.75, 3.05) is 18.1 Å². The van der Waals surface area contributed by atoms with Crippen molar-refractivity contribution in [3.05, 3.63) is 58.1 Å². The van der Waals surface area contributed by atoms with Crippen LogP contribution in [0.25, 0.3) is 0 Å². The summed E-state index contributed by atoms with van der Waals surface area (Å²) in [6.45, 7) is 1.27. The molecule has 26 heavy (non-hydrogen) atoms. The number of phenols is 1. The van der Waals surface area contributed by atoms with E-state index in [1.165, 1.54) is 35.2 Å². The molecule has 1 heterocycles. The molecule has 0 radical (unpaired) electrons. The van der Waals surface area contributed by atoms with Gasteiger partial charge in [-0.05, 0) is 42.8 Å². The lowest BCUT2D eigenvalue weighted by Crippen LogP contribution is -2.45. The zero-order valence-electron chi connectivity index (χ0n) is 13.8. The van der Waals surface area contributed by atoms with E-state index in [1.54, 1.807) is 19.1 Å². The van der Waals surface area contributed by atoms with E-state index in [1.807, 2.05) is 0 Å². The first kappa shape index (κ1) is 18.5. The summed E-state index contributed by atoms with van der Waals surface area (Å²) in [7, 11) is 0. The summed E-state index contributed by atoms with van der Waals surface area (Å²) in [4.78, 5) is 28.5. The maximum Gasteiger partial charge on any atom is 0.332 e. The number of carbonyl (C=O) groups is 2. The van der Waals surface area contributed by atoms with Crippen molar-refractivity contribution in [3.8, 4) is 5.75 Å². The van der Waals surface area contributed by atoms with Crippen LogP contribution in [0.5, 0.6) is 5.75 Å². The summed E-state index contributed by atoms with van der Waals surface area (Å²) in [5, 5.41) is 19.4. The average Bonchev–Trinajstić information content (AvgIpc) is 2.80. The molecule has 6 nitrogen and oxygen atoms in total. The maximum absolute atomic E-state index is 13.2. The van der Waals surface area contributed by atoms with Crippen LogP contribution in [-0.2, 0) is 10.3 Å². The summed E-state index contributed by atoms with van der Waals surface area (Å²) in [5.74, 6) is -0.441. The van der Waals surface area contributed by atoms with Gasteiger partial charge in [-0.1, -0.05) is 35.3 Å². The molecule has 0 bridgehead atoms. The monoisotopic (exact) mass is 394 g/mol. The van der Waals surface area contributed by atoms with Crippen molar-refractivity contribution >= 4 is 40.8 Å². The van der Waals surface area contributed by atoms with E-state index in [0.29, 0.717) is 16.3 Å². The number of rotatable bonds is 4. The van der Waals surface area contributed by atoms with Crippen LogP contribution in [-0.4, -0.2) is 40.2 Å². The molecule has 0 saturated carbocycles. The van der Waals surface area contributed by atoms with E-state index in [4.69, 9.17) is 23.2 Å². The Morgan fingerprint density at radius 3 is 2.27 bits per heavy atom. The first-order chi connectivity index (χ1) is 12.3. The van der Waals surface area contributed by atoms with Crippen molar-refractivity contribution < 1.29 is 19.8 Å². The number of nitrogens with zero attached hydrogens (tertiary/aromatic N) is 2. The third kappa shape index (κ3) is 2.80. The Labute approximate surface area is 160 Å². The number of benzene rings is 2. The molecular weight excluding hydrogens is 379 g/mol. The lowest BCUT2D eigenvalue weighted by Gasteiger charge is -2.31. The number of imide groups is 1. The van der Waals surface area contributed by atoms with Crippen LogP contribution in [0.3, 0.4) is 0 Å². The predicted molar refractivity (Wildman–Crippen MR) is 98.6 cm³/mol. The van der Waals surface area contributed by atoms with E-state index in [0.717, 1.165) is 4.90 Å². The Bertz CT molecular complexity index is 872. The topological polar surface area (TPSA) is 81.1 Å². The molecule has 0 aliphatic carbocycles. The molecule has 3 amide bonds. The molecule has 2 N–H and O–H groups in total. The smallest absolute Gasteiger partial charge is 0.332 e. The molecule has 8 heteroatoms. The quantitative estimate of drug-likeness (QED) is 0.778.